The quantitative estimate of drug-likeness (QED) is 0.0856. The second kappa shape index (κ2) is 19.0. The Hall–Kier alpha value is -5.79. The van der Waals surface area contributed by atoms with Crippen LogP contribution in [0.25, 0.3) is 11.1 Å². The monoisotopic (exact) mass is 746 g/mol. The summed E-state index contributed by atoms with van der Waals surface area (Å²) in [5, 5.41) is 8.40. The lowest BCUT2D eigenvalue weighted by atomic mass is 9.85. The SMILES string of the molecule is COC(=O)c1nnc(C(=O)OC)c([C@H]2O[C@H](COC(C)=O)[C@H](OCc3ccccc3)[C@H](OCc3ccccc3)[C@H]2OCc2ccccc2)c1-c1ccccc1. The predicted octanol–water partition coefficient (Wildman–Crippen LogP) is 6.48. The van der Waals surface area contributed by atoms with Crippen LogP contribution >= 0.6 is 0 Å². The highest BCUT2D eigenvalue weighted by molar-refractivity contribution is 5.99. The van der Waals surface area contributed by atoms with Crippen molar-refractivity contribution < 1.29 is 47.5 Å². The van der Waals surface area contributed by atoms with Crippen LogP contribution in [0.1, 0.15) is 56.3 Å². The van der Waals surface area contributed by atoms with Gasteiger partial charge in [-0.2, -0.15) is 0 Å². The summed E-state index contributed by atoms with van der Waals surface area (Å²) in [5.74, 6) is -2.16. The van der Waals surface area contributed by atoms with Gasteiger partial charge in [-0.1, -0.05) is 121 Å². The first-order chi connectivity index (χ1) is 26.9. The lowest BCUT2D eigenvalue weighted by Crippen LogP contribution is -2.58. The maximum absolute atomic E-state index is 13.6. The highest BCUT2D eigenvalue weighted by atomic mass is 16.6. The van der Waals surface area contributed by atoms with Gasteiger partial charge in [-0.15, -0.1) is 10.2 Å². The Bertz CT molecular complexity index is 2020. The lowest BCUT2D eigenvalue weighted by molar-refractivity contribution is -0.273. The van der Waals surface area contributed by atoms with Crippen molar-refractivity contribution in [1.29, 1.82) is 0 Å². The molecule has 0 unspecified atom stereocenters. The number of methoxy groups -OCH3 is 2. The van der Waals surface area contributed by atoms with E-state index in [9.17, 15) is 14.4 Å². The van der Waals surface area contributed by atoms with Crippen LogP contribution in [-0.4, -0.2) is 73.3 Å². The minimum atomic E-state index is -1.20. The molecule has 0 bridgehead atoms. The summed E-state index contributed by atoms with van der Waals surface area (Å²) in [5.41, 5.74) is 3.12. The minimum Gasteiger partial charge on any atom is -0.464 e. The van der Waals surface area contributed by atoms with E-state index in [0.717, 1.165) is 16.7 Å². The van der Waals surface area contributed by atoms with E-state index < -0.39 is 48.4 Å². The molecule has 2 heterocycles. The van der Waals surface area contributed by atoms with Crippen LogP contribution in [0.2, 0.25) is 0 Å². The second-order valence-electron chi connectivity index (χ2n) is 12.7. The fraction of sp³-hybridized carbons (Fsp3) is 0.279. The van der Waals surface area contributed by atoms with Gasteiger partial charge in [-0.05, 0) is 22.3 Å². The van der Waals surface area contributed by atoms with Crippen molar-refractivity contribution in [2.45, 2.75) is 57.3 Å². The maximum atomic E-state index is 13.6. The summed E-state index contributed by atoms with van der Waals surface area (Å²) in [4.78, 5) is 39.4. The molecule has 0 radical (unpaired) electrons. The van der Waals surface area contributed by atoms with E-state index in [2.05, 4.69) is 10.2 Å². The summed E-state index contributed by atoms with van der Waals surface area (Å²) in [7, 11) is 2.45. The fourth-order valence-electron chi connectivity index (χ4n) is 6.46. The molecule has 1 aliphatic rings. The van der Waals surface area contributed by atoms with Gasteiger partial charge in [0.2, 0.25) is 0 Å². The van der Waals surface area contributed by atoms with Crippen molar-refractivity contribution in [1.82, 2.24) is 10.2 Å². The van der Waals surface area contributed by atoms with E-state index in [1.807, 2.05) is 97.1 Å². The van der Waals surface area contributed by atoms with Crippen molar-refractivity contribution in [2.75, 3.05) is 20.8 Å². The molecule has 12 heteroatoms. The molecule has 0 saturated carbocycles. The van der Waals surface area contributed by atoms with Crippen molar-refractivity contribution >= 4 is 17.9 Å². The number of carbonyl (C=O) groups excluding carboxylic acids is 3. The molecule has 6 rings (SSSR count). The van der Waals surface area contributed by atoms with Gasteiger partial charge in [0, 0.05) is 18.1 Å². The Morgan fingerprint density at radius 2 is 1.02 bits per heavy atom. The molecule has 1 aromatic heterocycles. The number of ether oxygens (including phenoxy) is 7. The molecule has 0 N–H and O–H groups in total. The van der Waals surface area contributed by atoms with Gasteiger partial charge in [0.15, 0.2) is 11.4 Å². The minimum absolute atomic E-state index is 0.104. The summed E-state index contributed by atoms with van der Waals surface area (Å²) in [6.45, 7) is 1.48. The third kappa shape index (κ3) is 9.66. The van der Waals surface area contributed by atoms with Gasteiger partial charge in [-0.25, -0.2) is 9.59 Å². The van der Waals surface area contributed by atoms with Crippen molar-refractivity contribution in [3.63, 3.8) is 0 Å². The molecule has 284 valence electrons. The number of esters is 3. The zero-order valence-corrected chi connectivity index (χ0v) is 30.7. The van der Waals surface area contributed by atoms with Crippen molar-refractivity contribution in [2.24, 2.45) is 0 Å². The molecular weight excluding hydrogens is 704 g/mol. The first-order valence-electron chi connectivity index (χ1n) is 17.8. The third-order valence-electron chi connectivity index (χ3n) is 9.06. The van der Waals surface area contributed by atoms with Crippen LogP contribution in [0.3, 0.4) is 0 Å². The zero-order valence-electron chi connectivity index (χ0n) is 30.7. The van der Waals surface area contributed by atoms with Crippen LogP contribution in [0.5, 0.6) is 0 Å². The second-order valence-corrected chi connectivity index (χ2v) is 12.7. The molecule has 5 aromatic rings. The Labute approximate surface area is 319 Å². The highest BCUT2D eigenvalue weighted by Gasteiger charge is 2.51. The van der Waals surface area contributed by atoms with Crippen LogP contribution < -0.4 is 0 Å². The topological polar surface area (TPSA) is 142 Å². The lowest BCUT2D eigenvalue weighted by Gasteiger charge is -2.46. The number of hydrogen-bond acceptors (Lipinski definition) is 12. The van der Waals surface area contributed by atoms with Gasteiger partial charge in [0.25, 0.3) is 0 Å². The Kier molecular flexibility index (Phi) is 13.4. The normalized spacial score (nSPS) is 19.3. The Morgan fingerprint density at radius 1 is 0.582 bits per heavy atom. The van der Waals surface area contributed by atoms with E-state index in [4.69, 9.17) is 33.2 Å². The molecule has 1 aliphatic heterocycles. The molecule has 1 saturated heterocycles. The molecule has 12 nitrogen and oxygen atoms in total. The average molecular weight is 747 g/mol. The van der Waals surface area contributed by atoms with Gasteiger partial charge in [0.05, 0.1) is 34.0 Å². The molecular formula is C43H42N2O10. The first kappa shape index (κ1) is 38.9. The number of hydrogen-bond donors (Lipinski definition) is 0. The summed E-state index contributed by atoms with van der Waals surface area (Å²) in [6, 6.07) is 37.7. The van der Waals surface area contributed by atoms with E-state index in [0.29, 0.717) is 5.56 Å². The zero-order chi connectivity index (χ0) is 38.6. The van der Waals surface area contributed by atoms with Gasteiger partial charge < -0.3 is 33.2 Å². The van der Waals surface area contributed by atoms with E-state index in [-0.39, 0.29) is 48.9 Å². The fourth-order valence-corrected chi connectivity index (χ4v) is 6.46. The highest BCUT2D eigenvalue weighted by Crippen LogP contribution is 2.44. The molecule has 0 amide bonds. The molecule has 4 aromatic carbocycles. The molecule has 0 spiro atoms. The number of aromatic nitrogens is 2. The molecule has 0 aliphatic carbocycles. The first-order valence-corrected chi connectivity index (χ1v) is 17.8. The molecule has 55 heavy (non-hydrogen) atoms. The van der Waals surface area contributed by atoms with Crippen LogP contribution in [0.15, 0.2) is 121 Å². The van der Waals surface area contributed by atoms with E-state index in [1.54, 1.807) is 24.3 Å². The van der Waals surface area contributed by atoms with Crippen molar-refractivity contribution in [3.05, 3.63) is 155 Å². The van der Waals surface area contributed by atoms with E-state index >= 15 is 0 Å². The maximum Gasteiger partial charge on any atom is 0.359 e. The number of carbonyl (C=O) groups is 3. The summed E-state index contributed by atoms with van der Waals surface area (Å²) in [6.07, 6.45) is -5.00. The molecule has 5 atom stereocenters. The van der Waals surface area contributed by atoms with Gasteiger partial charge >= 0.3 is 17.9 Å². The van der Waals surface area contributed by atoms with Crippen molar-refractivity contribution in [3.8, 4) is 11.1 Å². The standard InChI is InChI=1S/C43H42N2O10/c1-28(46)51-27-33-38(52-24-29-16-8-4-9-17-29)40(53-25-30-18-10-5-11-19-30)41(54-26-31-20-12-6-13-21-31)39(55-33)35-34(32-22-14-7-15-23-32)36(42(47)49-2)44-45-37(35)43(48)50-3/h4-23,33,38-41H,24-27H2,1-3H3/t33-,38+,39-,40+,41+/m1/s1. The number of rotatable bonds is 15. The van der Waals surface area contributed by atoms with Crippen LogP contribution in [0, 0.1) is 0 Å². The summed E-state index contributed by atoms with van der Waals surface area (Å²) < 4.78 is 43.2. The van der Waals surface area contributed by atoms with Gasteiger partial charge in [0.1, 0.15) is 37.1 Å². The molecule has 1 fully saturated rings. The largest absolute Gasteiger partial charge is 0.464 e. The van der Waals surface area contributed by atoms with Crippen LogP contribution in [-0.2, 0) is 57.8 Å². The van der Waals surface area contributed by atoms with Crippen LogP contribution in [0.4, 0.5) is 0 Å². The van der Waals surface area contributed by atoms with Gasteiger partial charge in [-0.3, -0.25) is 4.79 Å². The van der Waals surface area contributed by atoms with E-state index in [1.165, 1.54) is 21.1 Å². The number of nitrogens with zero attached hydrogens (tertiary/aromatic N) is 2. The average Bonchev–Trinajstić information content (AvgIpc) is 3.23. The Balaban J connectivity index is 1.57. The number of benzene rings is 4. The Morgan fingerprint density at radius 3 is 1.51 bits per heavy atom. The predicted molar refractivity (Wildman–Crippen MR) is 199 cm³/mol. The summed E-state index contributed by atoms with van der Waals surface area (Å²) >= 11 is 0. The smallest absolute Gasteiger partial charge is 0.359 e. The third-order valence-corrected chi connectivity index (χ3v) is 9.06.